The lowest BCUT2D eigenvalue weighted by molar-refractivity contribution is -0.116. The molecule has 126 valence electrons. The summed E-state index contributed by atoms with van der Waals surface area (Å²) >= 11 is 0. The number of halogens is 3. The van der Waals surface area contributed by atoms with Gasteiger partial charge >= 0.3 is 0 Å². The van der Waals surface area contributed by atoms with Crippen LogP contribution in [0.2, 0.25) is 0 Å². The van der Waals surface area contributed by atoms with Gasteiger partial charge in [0.1, 0.15) is 29.6 Å². The Hall–Kier alpha value is -3.09. The first-order chi connectivity index (χ1) is 12.0. The Kier molecular flexibility index (Phi) is 3.56. The summed E-state index contributed by atoms with van der Waals surface area (Å²) in [5.74, 6) is -2.71. The van der Waals surface area contributed by atoms with E-state index in [1.807, 2.05) is 0 Å². The van der Waals surface area contributed by atoms with Gasteiger partial charge in [-0.3, -0.25) is 9.36 Å². The van der Waals surface area contributed by atoms with Gasteiger partial charge < -0.3 is 5.32 Å². The molecule has 0 bridgehead atoms. The molecule has 4 rings (SSSR count). The van der Waals surface area contributed by atoms with Crippen molar-refractivity contribution in [3.63, 3.8) is 0 Å². The molecule has 0 saturated heterocycles. The monoisotopic (exact) mass is 343 g/mol. The van der Waals surface area contributed by atoms with E-state index in [0.29, 0.717) is 17.2 Å². The highest BCUT2D eigenvalue weighted by atomic mass is 19.1. The molecule has 1 aliphatic heterocycles. The first kappa shape index (κ1) is 15.4. The van der Waals surface area contributed by atoms with Crippen molar-refractivity contribution < 1.29 is 18.0 Å². The molecule has 7 heteroatoms. The lowest BCUT2D eigenvalue weighted by Gasteiger charge is -2.24. The number of hydrogen-bond acceptors (Lipinski definition) is 2. The van der Waals surface area contributed by atoms with Crippen molar-refractivity contribution in [3.8, 4) is 5.69 Å². The average molecular weight is 343 g/mol. The van der Waals surface area contributed by atoms with Crippen LogP contribution in [0.15, 0.2) is 48.8 Å². The Bertz CT molecular complexity index is 946. The van der Waals surface area contributed by atoms with Gasteiger partial charge in [0.15, 0.2) is 0 Å². The Morgan fingerprint density at radius 2 is 1.72 bits per heavy atom. The molecule has 2 aromatic carbocycles. The first-order valence-corrected chi connectivity index (χ1v) is 7.61. The van der Waals surface area contributed by atoms with Crippen LogP contribution >= 0.6 is 0 Å². The number of carbonyl (C=O) groups excluding carboxylic acids is 1. The zero-order valence-corrected chi connectivity index (χ0v) is 12.8. The van der Waals surface area contributed by atoms with Gasteiger partial charge in [0.25, 0.3) is 0 Å². The molecule has 25 heavy (non-hydrogen) atoms. The summed E-state index contributed by atoms with van der Waals surface area (Å²) in [6.07, 6.45) is 1.33. The molecule has 4 nitrogen and oxygen atoms in total. The molecule has 0 fully saturated rings. The average Bonchev–Trinajstić information content (AvgIpc) is 2.99. The molecule has 0 spiro atoms. The van der Waals surface area contributed by atoms with Crippen molar-refractivity contribution in [1.82, 2.24) is 9.55 Å². The zero-order valence-electron chi connectivity index (χ0n) is 12.8. The molecule has 1 aromatic heterocycles. The van der Waals surface area contributed by atoms with E-state index in [1.165, 1.54) is 36.7 Å². The van der Waals surface area contributed by atoms with Gasteiger partial charge in [0.2, 0.25) is 5.91 Å². The van der Waals surface area contributed by atoms with Crippen molar-refractivity contribution in [2.75, 3.05) is 5.32 Å². The van der Waals surface area contributed by atoms with Crippen LogP contribution in [0.4, 0.5) is 19.0 Å². The van der Waals surface area contributed by atoms with E-state index < -0.39 is 23.4 Å². The van der Waals surface area contributed by atoms with Crippen LogP contribution in [0.3, 0.4) is 0 Å². The SMILES string of the molecule is O=C1CC(c2c(F)cccc2F)c2ncn(-c3ccc(F)cc3)c2N1. The number of anilines is 1. The summed E-state index contributed by atoms with van der Waals surface area (Å²) < 4.78 is 43.0. The second-order valence-electron chi connectivity index (χ2n) is 5.77. The number of imidazole rings is 1. The van der Waals surface area contributed by atoms with Crippen molar-refractivity contribution in [3.05, 3.63) is 77.5 Å². The van der Waals surface area contributed by atoms with Gasteiger partial charge in [-0.15, -0.1) is 0 Å². The summed E-state index contributed by atoms with van der Waals surface area (Å²) in [7, 11) is 0. The van der Waals surface area contributed by atoms with Crippen molar-refractivity contribution in [2.24, 2.45) is 0 Å². The summed E-state index contributed by atoms with van der Waals surface area (Å²) in [6.45, 7) is 0. The molecule has 0 aliphatic carbocycles. The zero-order chi connectivity index (χ0) is 17.6. The maximum Gasteiger partial charge on any atom is 0.226 e. The van der Waals surface area contributed by atoms with Gasteiger partial charge in [-0.25, -0.2) is 18.2 Å². The molecular weight excluding hydrogens is 331 g/mol. The predicted octanol–water partition coefficient (Wildman–Crippen LogP) is 3.76. The lowest BCUT2D eigenvalue weighted by atomic mass is 9.89. The normalized spacial score (nSPS) is 16.4. The fourth-order valence-electron chi connectivity index (χ4n) is 3.09. The summed E-state index contributed by atoms with van der Waals surface area (Å²) in [5, 5.41) is 2.68. The quantitative estimate of drug-likeness (QED) is 0.770. The molecule has 1 atom stereocenters. The van der Waals surface area contributed by atoms with Crippen molar-refractivity contribution >= 4 is 11.7 Å². The predicted molar refractivity (Wildman–Crippen MR) is 85.0 cm³/mol. The molecule has 1 amide bonds. The van der Waals surface area contributed by atoms with Crippen LogP contribution in [0, 0.1) is 17.5 Å². The molecule has 3 aromatic rings. The fourth-order valence-corrected chi connectivity index (χ4v) is 3.09. The first-order valence-electron chi connectivity index (χ1n) is 7.61. The number of hydrogen-bond donors (Lipinski definition) is 1. The molecule has 1 N–H and O–H groups in total. The largest absolute Gasteiger partial charge is 0.310 e. The standard InChI is InChI=1S/C18H12F3N3O/c19-10-4-6-11(7-5-10)24-9-22-17-12(8-15(25)23-18(17)24)16-13(20)2-1-3-14(16)21/h1-7,9,12H,8H2,(H,23,25). The second kappa shape index (κ2) is 5.77. The Labute approximate surface area is 140 Å². The summed E-state index contributed by atoms with van der Waals surface area (Å²) in [6, 6.07) is 9.19. The fraction of sp³-hybridized carbons (Fsp3) is 0.111. The van der Waals surface area contributed by atoms with E-state index in [2.05, 4.69) is 10.3 Å². The minimum absolute atomic E-state index is 0.106. The molecular formula is C18H12F3N3O. The van der Waals surface area contributed by atoms with Crippen molar-refractivity contribution in [2.45, 2.75) is 12.3 Å². The highest BCUT2D eigenvalue weighted by molar-refractivity contribution is 5.94. The number of aromatic nitrogens is 2. The smallest absolute Gasteiger partial charge is 0.226 e. The minimum atomic E-state index is -0.827. The Morgan fingerprint density at radius 3 is 2.40 bits per heavy atom. The number of nitrogens with one attached hydrogen (secondary N) is 1. The lowest BCUT2D eigenvalue weighted by Crippen LogP contribution is -2.26. The van der Waals surface area contributed by atoms with E-state index in [0.717, 1.165) is 12.1 Å². The maximum absolute atomic E-state index is 14.2. The second-order valence-corrected chi connectivity index (χ2v) is 5.77. The van der Waals surface area contributed by atoms with Crippen LogP contribution < -0.4 is 5.32 Å². The third-order valence-corrected chi connectivity index (χ3v) is 4.23. The van der Waals surface area contributed by atoms with E-state index in [4.69, 9.17) is 0 Å². The minimum Gasteiger partial charge on any atom is -0.310 e. The number of fused-ring (bicyclic) bond motifs is 1. The van der Waals surface area contributed by atoms with Crippen molar-refractivity contribution in [1.29, 1.82) is 0 Å². The van der Waals surface area contributed by atoms with E-state index >= 15 is 0 Å². The summed E-state index contributed by atoms with van der Waals surface area (Å²) in [4.78, 5) is 16.4. The van der Waals surface area contributed by atoms with Crippen LogP contribution in [-0.4, -0.2) is 15.5 Å². The van der Waals surface area contributed by atoms with Gasteiger partial charge in [-0.05, 0) is 36.4 Å². The van der Waals surface area contributed by atoms with Crippen LogP contribution in [0.25, 0.3) is 5.69 Å². The third-order valence-electron chi connectivity index (χ3n) is 4.23. The topological polar surface area (TPSA) is 46.9 Å². The van der Waals surface area contributed by atoms with E-state index in [-0.39, 0.29) is 17.9 Å². The van der Waals surface area contributed by atoms with Gasteiger partial charge in [0.05, 0.1) is 5.69 Å². The maximum atomic E-state index is 14.2. The molecule has 2 heterocycles. The molecule has 0 radical (unpaired) electrons. The molecule has 1 aliphatic rings. The number of carbonyl (C=O) groups is 1. The number of benzene rings is 2. The number of rotatable bonds is 2. The van der Waals surface area contributed by atoms with Crippen LogP contribution in [0.5, 0.6) is 0 Å². The number of nitrogens with zero attached hydrogens (tertiary/aromatic N) is 2. The van der Waals surface area contributed by atoms with Gasteiger partial charge in [-0.1, -0.05) is 6.07 Å². The molecule has 0 saturated carbocycles. The highest BCUT2D eigenvalue weighted by Crippen LogP contribution is 2.39. The van der Waals surface area contributed by atoms with Gasteiger partial charge in [-0.2, -0.15) is 0 Å². The molecule has 1 unspecified atom stereocenters. The summed E-state index contributed by atoms with van der Waals surface area (Å²) in [5.41, 5.74) is 0.765. The Morgan fingerprint density at radius 1 is 1.04 bits per heavy atom. The van der Waals surface area contributed by atoms with E-state index in [1.54, 1.807) is 4.57 Å². The Balaban J connectivity index is 1.86. The highest BCUT2D eigenvalue weighted by Gasteiger charge is 2.34. The van der Waals surface area contributed by atoms with E-state index in [9.17, 15) is 18.0 Å². The van der Waals surface area contributed by atoms with Crippen LogP contribution in [0.1, 0.15) is 23.6 Å². The third kappa shape index (κ3) is 2.57. The number of amides is 1. The van der Waals surface area contributed by atoms with Gasteiger partial charge in [0, 0.05) is 23.6 Å². The van der Waals surface area contributed by atoms with Crippen LogP contribution in [-0.2, 0) is 4.79 Å².